The Morgan fingerprint density at radius 2 is 2.12 bits per heavy atom. The Labute approximate surface area is 112 Å². The third-order valence-electron chi connectivity index (χ3n) is 2.52. The highest BCUT2D eigenvalue weighted by atomic mass is 79.9. The van der Waals surface area contributed by atoms with E-state index in [-0.39, 0.29) is 0 Å². The van der Waals surface area contributed by atoms with Crippen molar-refractivity contribution in [1.29, 1.82) is 0 Å². The van der Waals surface area contributed by atoms with Gasteiger partial charge in [-0.3, -0.25) is 0 Å². The standard InChI is InChI=1S/C12H13BrOS2/c1-3-8-4-5-10(16-8)12(14)9-6-11(13)15-7(9)2/h4-6,12,14H,3H2,1-2H3. The maximum Gasteiger partial charge on any atom is 0.114 e. The summed E-state index contributed by atoms with van der Waals surface area (Å²) in [6, 6.07) is 6.13. The summed E-state index contributed by atoms with van der Waals surface area (Å²) in [6.45, 7) is 4.18. The molecule has 0 fully saturated rings. The predicted molar refractivity (Wildman–Crippen MR) is 74.5 cm³/mol. The first-order chi connectivity index (χ1) is 7.61. The highest BCUT2D eigenvalue weighted by molar-refractivity contribution is 9.11. The van der Waals surface area contributed by atoms with Gasteiger partial charge < -0.3 is 5.11 Å². The summed E-state index contributed by atoms with van der Waals surface area (Å²) in [4.78, 5) is 3.53. The molecular weight excluding hydrogens is 304 g/mol. The largest absolute Gasteiger partial charge is 0.383 e. The Morgan fingerprint density at radius 3 is 2.62 bits per heavy atom. The Morgan fingerprint density at radius 1 is 1.38 bits per heavy atom. The number of aliphatic hydroxyl groups is 1. The molecule has 2 aromatic heterocycles. The number of hydrogen-bond donors (Lipinski definition) is 1. The van der Waals surface area contributed by atoms with Gasteiger partial charge in [-0.1, -0.05) is 6.92 Å². The molecule has 2 heterocycles. The van der Waals surface area contributed by atoms with Gasteiger partial charge in [-0.2, -0.15) is 0 Å². The Hall–Kier alpha value is -0.160. The Balaban J connectivity index is 2.31. The summed E-state index contributed by atoms with van der Waals surface area (Å²) >= 11 is 6.81. The molecule has 1 unspecified atom stereocenters. The normalized spacial score (nSPS) is 13.0. The lowest BCUT2D eigenvalue weighted by Gasteiger charge is -2.07. The first-order valence-corrected chi connectivity index (χ1v) is 7.57. The van der Waals surface area contributed by atoms with E-state index < -0.39 is 6.10 Å². The molecular formula is C12H13BrOS2. The molecule has 0 aliphatic heterocycles. The number of aliphatic hydroxyl groups excluding tert-OH is 1. The van der Waals surface area contributed by atoms with Crippen LogP contribution in [-0.4, -0.2) is 5.11 Å². The zero-order valence-electron chi connectivity index (χ0n) is 9.16. The molecule has 0 aliphatic rings. The SMILES string of the molecule is CCc1ccc(C(O)c2cc(Br)sc2C)s1. The average molecular weight is 317 g/mol. The quantitative estimate of drug-likeness (QED) is 0.882. The molecule has 1 N–H and O–H groups in total. The van der Waals surface area contributed by atoms with Crippen LogP contribution in [0, 0.1) is 6.92 Å². The first kappa shape index (κ1) is 12.3. The second-order valence-corrected chi connectivity index (χ2v) is 7.46. The van der Waals surface area contributed by atoms with Gasteiger partial charge in [0, 0.05) is 20.2 Å². The molecule has 0 aromatic carbocycles. The molecule has 0 bridgehead atoms. The van der Waals surface area contributed by atoms with Gasteiger partial charge in [-0.25, -0.2) is 0 Å². The van der Waals surface area contributed by atoms with Crippen molar-refractivity contribution in [2.45, 2.75) is 26.4 Å². The summed E-state index contributed by atoms with van der Waals surface area (Å²) < 4.78 is 1.08. The maximum atomic E-state index is 10.3. The van der Waals surface area contributed by atoms with Crippen LogP contribution in [0.5, 0.6) is 0 Å². The lowest BCUT2D eigenvalue weighted by Crippen LogP contribution is -1.96. The minimum absolute atomic E-state index is 0.479. The lowest BCUT2D eigenvalue weighted by molar-refractivity contribution is 0.224. The number of rotatable bonds is 3. The molecule has 0 saturated heterocycles. The fourth-order valence-corrected chi connectivity index (χ4v) is 4.31. The molecule has 2 rings (SSSR count). The van der Waals surface area contributed by atoms with E-state index in [9.17, 15) is 5.11 Å². The molecule has 0 radical (unpaired) electrons. The third kappa shape index (κ3) is 2.40. The van der Waals surface area contributed by atoms with Gasteiger partial charge in [0.2, 0.25) is 0 Å². The van der Waals surface area contributed by atoms with Crippen molar-refractivity contribution in [2.24, 2.45) is 0 Å². The summed E-state index contributed by atoms with van der Waals surface area (Å²) in [7, 11) is 0. The van der Waals surface area contributed by atoms with E-state index >= 15 is 0 Å². The van der Waals surface area contributed by atoms with Gasteiger partial charge in [0.25, 0.3) is 0 Å². The van der Waals surface area contributed by atoms with Crippen LogP contribution in [0.2, 0.25) is 0 Å². The minimum atomic E-state index is -0.479. The molecule has 86 valence electrons. The van der Waals surface area contributed by atoms with Crippen molar-refractivity contribution in [3.8, 4) is 0 Å². The molecule has 0 saturated carbocycles. The zero-order valence-corrected chi connectivity index (χ0v) is 12.4. The topological polar surface area (TPSA) is 20.2 Å². The van der Waals surface area contributed by atoms with Crippen LogP contribution in [0.3, 0.4) is 0 Å². The van der Waals surface area contributed by atoms with Crippen molar-refractivity contribution in [1.82, 2.24) is 0 Å². The number of thiophene rings is 2. The van der Waals surface area contributed by atoms with Crippen LogP contribution in [-0.2, 0) is 6.42 Å². The monoisotopic (exact) mass is 316 g/mol. The summed E-state index contributed by atoms with van der Waals surface area (Å²) in [5.74, 6) is 0. The van der Waals surface area contributed by atoms with Gasteiger partial charge in [0.05, 0.1) is 3.79 Å². The molecule has 0 amide bonds. The van der Waals surface area contributed by atoms with Gasteiger partial charge in [0.1, 0.15) is 6.10 Å². The molecule has 16 heavy (non-hydrogen) atoms. The predicted octanol–water partition coefficient (Wildman–Crippen LogP) is 4.52. The van der Waals surface area contributed by atoms with Crippen molar-refractivity contribution < 1.29 is 5.11 Å². The second kappa shape index (κ2) is 5.00. The Bertz CT molecular complexity index is 487. The maximum absolute atomic E-state index is 10.3. The van der Waals surface area contributed by atoms with Crippen LogP contribution in [0.1, 0.15) is 33.2 Å². The van der Waals surface area contributed by atoms with E-state index in [0.717, 1.165) is 20.6 Å². The smallest absolute Gasteiger partial charge is 0.114 e. The molecule has 2 aromatic rings. The second-order valence-electron chi connectivity index (χ2n) is 3.62. The highest BCUT2D eigenvalue weighted by Gasteiger charge is 2.17. The van der Waals surface area contributed by atoms with Crippen LogP contribution in [0.25, 0.3) is 0 Å². The van der Waals surface area contributed by atoms with Gasteiger partial charge in [-0.05, 0) is 47.5 Å². The molecule has 1 nitrogen and oxygen atoms in total. The third-order valence-corrected chi connectivity index (χ3v) is 5.37. The fourth-order valence-electron chi connectivity index (χ4n) is 1.61. The summed E-state index contributed by atoms with van der Waals surface area (Å²) in [5.41, 5.74) is 1.02. The van der Waals surface area contributed by atoms with E-state index in [1.54, 1.807) is 22.7 Å². The van der Waals surface area contributed by atoms with Gasteiger partial charge >= 0.3 is 0 Å². The van der Waals surface area contributed by atoms with Crippen molar-refractivity contribution >= 4 is 38.6 Å². The van der Waals surface area contributed by atoms with E-state index in [2.05, 4.69) is 28.9 Å². The number of hydrogen-bond acceptors (Lipinski definition) is 3. The van der Waals surface area contributed by atoms with Crippen LogP contribution < -0.4 is 0 Å². The number of halogens is 1. The Kier molecular flexibility index (Phi) is 3.85. The average Bonchev–Trinajstić information content (AvgIpc) is 2.84. The van der Waals surface area contributed by atoms with Crippen LogP contribution >= 0.6 is 38.6 Å². The van der Waals surface area contributed by atoms with E-state index in [4.69, 9.17) is 0 Å². The van der Waals surface area contributed by atoms with E-state index in [1.165, 1.54) is 9.75 Å². The van der Waals surface area contributed by atoms with Crippen molar-refractivity contribution in [3.63, 3.8) is 0 Å². The highest BCUT2D eigenvalue weighted by Crippen LogP contribution is 2.35. The summed E-state index contributed by atoms with van der Waals surface area (Å²) in [6.07, 6.45) is 0.553. The van der Waals surface area contributed by atoms with Crippen LogP contribution in [0.15, 0.2) is 22.0 Å². The summed E-state index contributed by atoms with van der Waals surface area (Å²) in [5, 5.41) is 10.3. The van der Waals surface area contributed by atoms with Crippen molar-refractivity contribution in [3.05, 3.63) is 42.2 Å². The lowest BCUT2D eigenvalue weighted by atomic mass is 10.1. The zero-order chi connectivity index (χ0) is 11.7. The van der Waals surface area contributed by atoms with E-state index in [0.29, 0.717) is 0 Å². The first-order valence-electron chi connectivity index (χ1n) is 5.14. The van der Waals surface area contributed by atoms with Gasteiger partial charge in [0.15, 0.2) is 0 Å². The van der Waals surface area contributed by atoms with E-state index in [1.807, 2.05) is 19.1 Å². The minimum Gasteiger partial charge on any atom is -0.383 e. The van der Waals surface area contributed by atoms with Crippen LogP contribution in [0.4, 0.5) is 0 Å². The molecule has 4 heteroatoms. The van der Waals surface area contributed by atoms with Gasteiger partial charge in [-0.15, -0.1) is 22.7 Å². The number of aryl methyl sites for hydroxylation is 2. The molecule has 0 aliphatic carbocycles. The molecule has 0 spiro atoms. The molecule has 1 atom stereocenters. The fraction of sp³-hybridized carbons (Fsp3) is 0.333. The van der Waals surface area contributed by atoms with Crippen molar-refractivity contribution in [2.75, 3.05) is 0 Å².